The summed E-state index contributed by atoms with van der Waals surface area (Å²) in [6.45, 7) is 3.91. The number of amides is 1. The van der Waals surface area contributed by atoms with E-state index in [0.29, 0.717) is 21.1 Å². The summed E-state index contributed by atoms with van der Waals surface area (Å²) in [7, 11) is 0. The van der Waals surface area contributed by atoms with Gasteiger partial charge in [-0.05, 0) is 66.8 Å². The van der Waals surface area contributed by atoms with E-state index in [1.165, 1.54) is 47.4 Å². The normalized spacial score (nSPS) is 11.0. The molecular weight excluding hydrogens is 421 g/mol. The van der Waals surface area contributed by atoms with E-state index in [-0.39, 0.29) is 23.0 Å². The van der Waals surface area contributed by atoms with Crippen LogP contribution in [0.4, 0.5) is 10.1 Å². The van der Waals surface area contributed by atoms with Gasteiger partial charge >= 0.3 is 0 Å². The van der Waals surface area contributed by atoms with Crippen molar-refractivity contribution in [1.29, 1.82) is 0 Å². The summed E-state index contributed by atoms with van der Waals surface area (Å²) in [5, 5.41) is 5.01. The lowest BCUT2D eigenvalue weighted by Gasteiger charge is -2.15. The summed E-state index contributed by atoms with van der Waals surface area (Å²) in [6, 6.07) is 13.3. The topological polar surface area (TPSA) is 64.0 Å². The number of rotatable bonds is 5. The first kappa shape index (κ1) is 20.3. The highest BCUT2D eigenvalue weighted by Crippen LogP contribution is 2.25. The first-order valence-electron chi connectivity index (χ1n) is 9.18. The predicted molar refractivity (Wildman–Crippen MR) is 120 cm³/mol. The van der Waals surface area contributed by atoms with Crippen LogP contribution in [-0.4, -0.2) is 21.2 Å². The summed E-state index contributed by atoms with van der Waals surface area (Å²) in [4.78, 5) is 30.3. The quantitative estimate of drug-likeness (QED) is 0.354. The number of aryl methyl sites for hydroxylation is 2. The molecule has 0 unspecified atom stereocenters. The number of carbonyl (C=O) groups is 1. The molecule has 0 bridgehead atoms. The first-order chi connectivity index (χ1) is 14.4. The maximum Gasteiger partial charge on any atom is 0.276 e. The van der Waals surface area contributed by atoms with Gasteiger partial charge in [0.1, 0.15) is 10.5 Å². The van der Waals surface area contributed by atoms with Crippen molar-refractivity contribution in [2.75, 3.05) is 11.1 Å². The summed E-state index contributed by atoms with van der Waals surface area (Å²) in [5.41, 5.74) is 3.70. The average molecular weight is 440 g/mol. The molecule has 0 spiro atoms. The van der Waals surface area contributed by atoms with Crippen LogP contribution in [0.25, 0.3) is 15.9 Å². The highest BCUT2D eigenvalue weighted by atomic mass is 32.2. The maximum atomic E-state index is 13.2. The number of nitrogens with zero attached hydrogens (tertiary/aromatic N) is 2. The third kappa shape index (κ3) is 4.15. The molecular formula is C22H18FN3O2S2. The van der Waals surface area contributed by atoms with Crippen LogP contribution < -0.4 is 10.9 Å². The van der Waals surface area contributed by atoms with Crippen molar-refractivity contribution in [1.82, 2.24) is 9.55 Å². The van der Waals surface area contributed by atoms with Gasteiger partial charge in [-0.3, -0.25) is 14.2 Å². The van der Waals surface area contributed by atoms with Gasteiger partial charge in [0.15, 0.2) is 5.16 Å². The second kappa shape index (κ2) is 8.41. The number of thiophene rings is 1. The van der Waals surface area contributed by atoms with E-state index in [9.17, 15) is 14.0 Å². The van der Waals surface area contributed by atoms with Crippen molar-refractivity contribution in [3.05, 3.63) is 81.2 Å². The fourth-order valence-electron chi connectivity index (χ4n) is 3.02. The number of hydrogen-bond donors (Lipinski definition) is 1. The minimum Gasteiger partial charge on any atom is -0.325 e. The number of carbonyl (C=O) groups excluding carboxylic acids is 1. The zero-order valence-corrected chi connectivity index (χ0v) is 17.9. The molecule has 8 heteroatoms. The molecule has 152 valence electrons. The SMILES string of the molecule is Cc1ccc(C)c(-n2c(SCC(=O)Nc3ccc(F)cc3)nc3ccsc3c2=O)c1. The lowest BCUT2D eigenvalue weighted by molar-refractivity contribution is -0.113. The number of hydrogen-bond acceptors (Lipinski definition) is 5. The molecule has 0 aliphatic carbocycles. The monoisotopic (exact) mass is 439 g/mol. The zero-order valence-electron chi connectivity index (χ0n) is 16.3. The smallest absolute Gasteiger partial charge is 0.276 e. The zero-order chi connectivity index (χ0) is 21.3. The van der Waals surface area contributed by atoms with Crippen LogP contribution in [0.3, 0.4) is 0 Å². The van der Waals surface area contributed by atoms with E-state index >= 15 is 0 Å². The second-order valence-electron chi connectivity index (χ2n) is 6.80. The van der Waals surface area contributed by atoms with Gasteiger partial charge in [0, 0.05) is 5.69 Å². The van der Waals surface area contributed by atoms with Crippen LogP contribution in [0.15, 0.2) is 63.9 Å². The van der Waals surface area contributed by atoms with E-state index in [1.807, 2.05) is 37.4 Å². The molecule has 4 rings (SSSR count). The lowest BCUT2D eigenvalue weighted by Crippen LogP contribution is -2.23. The molecule has 0 aliphatic heterocycles. The summed E-state index contributed by atoms with van der Waals surface area (Å²) < 4.78 is 15.2. The fraction of sp³-hybridized carbons (Fsp3) is 0.136. The summed E-state index contributed by atoms with van der Waals surface area (Å²) in [5.74, 6) is -0.573. The highest BCUT2D eigenvalue weighted by molar-refractivity contribution is 7.99. The Labute approximate surface area is 180 Å². The molecule has 2 aromatic carbocycles. The lowest BCUT2D eigenvalue weighted by atomic mass is 10.1. The minimum atomic E-state index is -0.367. The van der Waals surface area contributed by atoms with Crippen LogP contribution in [0.5, 0.6) is 0 Å². The number of nitrogens with one attached hydrogen (secondary N) is 1. The number of thioether (sulfide) groups is 1. The Morgan fingerprint density at radius 2 is 1.93 bits per heavy atom. The highest BCUT2D eigenvalue weighted by Gasteiger charge is 2.17. The summed E-state index contributed by atoms with van der Waals surface area (Å²) in [6.07, 6.45) is 0. The number of fused-ring (bicyclic) bond motifs is 1. The molecule has 1 N–H and O–H groups in total. The molecule has 0 saturated heterocycles. The molecule has 2 aromatic heterocycles. The number of benzene rings is 2. The summed E-state index contributed by atoms with van der Waals surface area (Å²) >= 11 is 2.54. The van der Waals surface area contributed by atoms with Gasteiger partial charge in [0.25, 0.3) is 5.56 Å². The molecule has 0 fully saturated rings. The Morgan fingerprint density at radius 3 is 2.70 bits per heavy atom. The molecule has 5 nitrogen and oxygen atoms in total. The van der Waals surface area contributed by atoms with Crippen LogP contribution in [0.2, 0.25) is 0 Å². The Kier molecular flexibility index (Phi) is 5.69. The van der Waals surface area contributed by atoms with Crippen LogP contribution in [0, 0.1) is 19.7 Å². The molecule has 4 aromatic rings. The van der Waals surface area contributed by atoms with Crippen molar-refractivity contribution in [3.63, 3.8) is 0 Å². The Balaban J connectivity index is 1.67. The Morgan fingerprint density at radius 1 is 1.17 bits per heavy atom. The third-order valence-corrected chi connectivity index (χ3v) is 6.35. The van der Waals surface area contributed by atoms with Gasteiger partial charge in [-0.15, -0.1) is 11.3 Å². The van der Waals surface area contributed by atoms with Gasteiger partial charge in [0.05, 0.1) is 17.0 Å². The van der Waals surface area contributed by atoms with Crippen molar-refractivity contribution in [2.45, 2.75) is 19.0 Å². The van der Waals surface area contributed by atoms with Crippen molar-refractivity contribution >= 4 is 44.9 Å². The standard InChI is InChI=1S/C22H18FN3O2S2/c1-13-3-4-14(2)18(11-13)26-21(28)20-17(9-10-29-20)25-22(26)30-12-19(27)24-16-7-5-15(23)6-8-16/h3-11H,12H2,1-2H3,(H,24,27). The van der Waals surface area contributed by atoms with E-state index in [4.69, 9.17) is 0 Å². The van der Waals surface area contributed by atoms with Crippen molar-refractivity contribution < 1.29 is 9.18 Å². The van der Waals surface area contributed by atoms with Gasteiger partial charge in [0.2, 0.25) is 5.91 Å². The van der Waals surface area contributed by atoms with Gasteiger partial charge < -0.3 is 5.32 Å². The van der Waals surface area contributed by atoms with E-state index < -0.39 is 0 Å². The Bertz CT molecular complexity index is 1300. The molecule has 0 aliphatic rings. The van der Waals surface area contributed by atoms with E-state index in [1.54, 1.807) is 10.6 Å². The van der Waals surface area contributed by atoms with E-state index in [0.717, 1.165) is 16.8 Å². The maximum absolute atomic E-state index is 13.2. The second-order valence-corrected chi connectivity index (χ2v) is 8.66. The number of halogens is 1. The van der Waals surface area contributed by atoms with E-state index in [2.05, 4.69) is 10.3 Å². The van der Waals surface area contributed by atoms with Gasteiger partial charge in [-0.2, -0.15) is 0 Å². The molecule has 0 radical (unpaired) electrons. The number of aromatic nitrogens is 2. The Hall–Kier alpha value is -2.97. The first-order valence-corrected chi connectivity index (χ1v) is 11.0. The minimum absolute atomic E-state index is 0.0598. The third-order valence-electron chi connectivity index (χ3n) is 4.52. The molecule has 0 saturated carbocycles. The molecule has 2 heterocycles. The van der Waals surface area contributed by atoms with Crippen LogP contribution >= 0.6 is 23.1 Å². The van der Waals surface area contributed by atoms with Gasteiger partial charge in [-0.25, -0.2) is 9.37 Å². The fourth-order valence-corrected chi connectivity index (χ4v) is 4.59. The van der Waals surface area contributed by atoms with Crippen LogP contribution in [0.1, 0.15) is 11.1 Å². The number of anilines is 1. The predicted octanol–water partition coefficient (Wildman–Crippen LogP) is 4.93. The van der Waals surface area contributed by atoms with Crippen molar-refractivity contribution in [2.24, 2.45) is 0 Å². The largest absolute Gasteiger partial charge is 0.325 e. The molecule has 1 amide bonds. The molecule has 30 heavy (non-hydrogen) atoms. The van der Waals surface area contributed by atoms with Crippen LogP contribution in [-0.2, 0) is 4.79 Å². The molecule has 0 atom stereocenters. The van der Waals surface area contributed by atoms with Crippen molar-refractivity contribution in [3.8, 4) is 5.69 Å². The van der Waals surface area contributed by atoms with Gasteiger partial charge in [-0.1, -0.05) is 23.9 Å². The average Bonchev–Trinajstić information content (AvgIpc) is 3.19.